The van der Waals surface area contributed by atoms with E-state index in [1.165, 1.54) is 0 Å². The molecule has 0 aromatic heterocycles. The van der Waals surface area contributed by atoms with Crippen molar-refractivity contribution in [2.75, 3.05) is 0 Å². The molecule has 17 heavy (non-hydrogen) atoms. The average molecular weight is 235 g/mol. The molecular formula is C14H21NO2. The second-order valence-electron chi connectivity index (χ2n) is 5.26. The molecule has 0 saturated heterocycles. The van der Waals surface area contributed by atoms with Gasteiger partial charge >= 0.3 is 5.97 Å². The molecule has 0 aliphatic heterocycles. The van der Waals surface area contributed by atoms with E-state index in [0.717, 1.165) is 5.56 Å². The van der Waals surface area contributed by atoms with E-state index in [2.05, 4.69) is 0 Å². The van der Waals surface area contributed by atoms with Gasteiger partial charge in [0.15, 0.2) is 0 Å². The summed E-state index contributed by atoms with van der Waals surface area (Å²) in [5.41, 5.74) is 6.48. The van der Waals surface area contributed by atoms with Crippen molar-refractivity contribution >= 4 is 5.97 Å². The standard InChI is InChI=1S/C14H21NO2/c1-10(11-8-6-5-7-9-11)12(15)13(16)17-14(2,3)4/h5-10,12H,15H2,1-4H3/t10-,12-/m0/s1. The molecule has 1 aromatic carbocycles. The van der Waals surface area contributed by atoms with Crippen molar-refractivity contribution in [2.24, 2.45) is 5.73 Å². The van der Waals surface area contributed by atoms with Crippen LogP contribution in [-0.2, 0) is 9.53 Å². The van der Waals surface area contributed by atoms with Crippen molar-refractivity contribution in [3.05, 3.63) is 35.9 Å². The Hall–Kier alpha value is -1.35. The molecule has 94 valence electrons. The molecule has 0 aliphatic carbocycles. The number of benzene rings is 1. The third kappa shape index (κ3) is 4.19. The van der Waals surface area contributed by atoms with Crippen LogP contribution < -0.4 is 5.73 Å². The van der Waals surface area contributed by atoms with Crippen LogP contribution in [0, 0.1) is 0 Å². The molecular weight excluding hydrogens is 214 g/mol. The van der Waals surface area contributed by atoms with Crippen molar-refractivity contribution in [3.63, 3.8) is 0 Å². The van der Waals surface area contributed by atoms with Crippen LogP contribution in [0.5, 0.6) is 0 Å². The molecule has 0 spiro atoms. The molecule has 0 aliphatic rings. The number of nitrogens with two attached hydrogens (primary N) is 1. The molecule has 0 saturated carbocycles. The molecule has 0 heterocycles. The van der Waals surface area contributed by atoms with Crippen LogP contribution in [0.2, 0.25) is 0 Å². The second kappa shape index (κ2) is 5.32. The van der Waals surface area contributed by atoms with Gasteiger partial charge in [0.05, 0.1) is 0 Å². The van der Waals surface area contributed by atoms with Gasteiger partial charge in [0, 0.05) is 5.92 Å². The van der Waals surface area contributed by atoms with E-state index < -0.39 is 11.6 Å². The topological polar surface area (TPSA) is 52.3 Å². The summed E-state index contributed by atoms with van der Waals surface area (Å²) < 4.78 is 5.28. The van der Waals surface area contributed by atoms with E-state index in [9.17, 15) is 4.79 Å². The zero-order chi connectivity index (χ0) is 13.1. The van der Waals surface area contributed by atoms with Gasteiger partial charge in [-0.2, -0.15) is 0 Å². The minimum absolute atomic E-state index is 0.0500. The molecule has 1 rings (SSSR count). The Morgan fingerprint density at radius 2 is 1.76 bits per heavy atom. The first-order chi connectivity index (χ1) is 7.81. The molecule has 3 nitrogen and oxygen atoms in total. The third-order valence-electron chi connectivity index (χ3n) is 2.54. The van der Waals surface area contributed by atoms with Crippen LogP contribution in [0.15, 0.2) is 30.3 Å². The summed E-state index contributed by atoms with van der Waals surface area (Å²) in [5.74, 6) is -0.403. The van der Waals surface area contributed by atoms with Gasteiger partial charge in [0.1, 0.15) is 11.6 Å². The summed E-state index contributed by atoms with van der Waals surface area (Å²) in [6.07, 6.45) is 0. The lowest BCUT2D eigenvalue weighted by Gasteiger charge is -2.25. The van der Waals surface area contributed by atoms with E-state index in [0.29, 0.717) is 0 Å². The van der Waals surface area contributed by atoms with Crippen LogP contribution >= 0.6 is 0 Å². The van der Waals surface area contributed by atoms with Crippen molar-refractivity contribution in [3.8, 4) is 0 Å². The number of carbonyl (C=O) groups is 1. The molecule has 0 radical (unpaired) electrons. The maximum absolute atomic E-state index is 11.8. The summed E-state index contributed by atoms with van der Waals surface area (Å²) in [6, 6.07) is 9.12. The third-order valence-corrected chi connectivity index (χ3v) is 2.54. The first-order valence-electron chi connectivity index (χ1n) is 5.84. The lowest BCUT2D eigenvalue weighted by Crippen LogP contribution is -2.40. The van der Waals surface area contributed by atoms with Crippen LogP contribution in [-0.4, -0.2) is 17.6 Å². The summed E-state index contributed by atoms with van der Waals surface area (Å²) in [5, 5.41) is 0. The molecule has 2 atom stereocenters. The normalized spacial score (nSPS) is 15.1. The van der Waals surface area contributed by atoms with Crippen molar-refractivity contribution in [1.29, 1.82) is 0 Å². The van der Waals surface area contributed by atoms with E-state index in [1.54, 1.807) is 0 Å². The fraction of sp³-hybridized carbons (Fsp3) is 0.500. The molecule has 2 N–H and O–H groups in total. The van der Waals surface area contributed by atoms with E-state index in [1.807, 2.05) is 58.0 Å². The molecule has 3 heteroatoms. The fourth-order valence-electron chi connectivity index (χ4n) is 1.54. The van der Waals surface area contributed by atoms with Gasteiger partial charge < -0.3 is 10.5 Å². The highest BCUT2D eigenvalue weighted by atomic mass is 16.6. The van der Waals surface area contributed by atoms with Gasteiger partial charge in [-0.1, -0.05) is 37.3 Å². The number of carbonyl (C=O) groups excluding carboxylic acids is 1. The van der Waals surface area contributed by atoms with Crippen LogP contribution in [0.4, 0.5) is 0 Å². The maximum Gasteiger partial charge on any atom is 0.324 e. The second-order valence-corrected chi connectivity index (χ2v) is 5.26. The summed E-state index contributed by atoms with van der Waals surface area (Å²) in [7, 11) is 0. The van der Waals surface area contributed by atoms with Crippen molar-refractivity contribution in [2.45, 2.75) is 45.3 Å². The van der Waals surface area contributed by atoms with Gasteiger partial charge in [-0.3, -0.25) is 4.79 Å². The SMILES string of the molecule is C[C@@H](c1ccccc1)[C@H](N)C(=O)OC(C)(C)C. The average Bonchev–Trinajstić information content (AvgIpc) is 2.26. The Balaban J connectivity index is 2.70. The van der Waals surface area contributed by atoms with Gasteiger partial charge in [-0.25, -0.2) is 0 Å². The Kier molecular flexibility index (Phi) is 4.29. The lowest BCUT2D eigenvalue weighted by molar-refractivity contribution is -0.156. The molecule has 0 amide bonds. The monoisotopic (exact) mass is 235 g/mol. The number of ether oxygens (including phenoxy) is 1. The summed E-state index contributed by atoms with van der Waals surface area (Å²) in [4.78, 5) is 11.8. The fourth-order valence-corrected chi connectivity index (χ4v) is 1.54. The zero-order valence-corrected chi connectivity index (χ0v) is 10.9. The quantitative estimate of drug-likeness (QED) is 0.819. The first-order valence-corrected chi connectivity index (χ1v) is 5.84. The number of esters is 1. The Bertz CT molecular complexity index is 368. The predicted molar refractivity (Wildman–Crippen MR) is 68.7 cm³/mol. The minimum atomic E-state index is -0.628. The number of hydrogen-bond donors (Lipinski definition) is 1. The van der Waals surface area contributed by atoms with Crippen molar-refractivity contribution in [1.82, 2.24) is 0 Å². The van der Waals surface area contributed by atoms with Gasteiger partial charge in [0.2, 0.25) is 0 Å². The smallest absolute Gasteiger partial charge is 0.324 e. The molecule has 0 bridgehead atoms. The maximum atomic E-state index is 11.8. The molecule has 1 aromatic rings. The summed E-state index contributed by atoms with van der Waals surface area (Å²) in [6.45, 7) is 7.45. The zero-order valence-electron chi connectivity index (χ0n) is 10.9. The highest BCUT2D eigenvalue weighted by molar-refractivity contribution is 5.77. The van der Waals surface area contributed by atoms with E-state index in [4.69, 9.17) is 10.5 Å². The Morgan fingerprint density at radius 1 is 1.24 bits per heavy atom. The van der Waals surface area contributed by atoms with Crippen LogP contribution in [0.25, 0.3) is 0 Å². The number of rotatable bonds is 3. The highest BCUT2D eigenvalue weighted by Crippen LogP contribution is 2.20. The van der Waals surface area contributed by atoms with E-state index >= 15 is 0 Å². The largest absolute Gasteiger partial charge is 0.459 e. The van der Waals surface area contributed by atoms with Gasteiger partial charge in [-0.05, 0) is 26.3 Å². The van der Waals surface area contributed by atoms with Crippen molar-refractivity contribution < 1.29 is 9.53 Å². The molecule has 0 fully saturated rings. The minimum Gasteiger partial charge on any atom is -0.459 e. The molecule has 0 unspecified atom stereocenters. The highest BCUT2D eigenvalue weighted by Gasteiger charge is 2.27. The summed E-state index contributed by atoms with van der Waals surface area (Å²) >= 11 is 0. The van der Waals surface area contributed by atoms with Crippen LogP contribution in [0.3, 0.4) is 0 Å². The Morgan fingerprint density at radius 3 is 2.24 bits per heavy atom. The first kappa shape index (κ1) is 13.7. The van der Waals surface area contributed by atoms with Gasteiger partial charge in [-0.15, -0.1) is 0 Å². The predicted octanol–water partition coefficient (Wildman–Crippen LogP) is 2.46. The number of hydrogen-bond acceptors (Lipinski definition) is 3. The lowest BCUT2D eigenvalue weighted by atomic mass is 9.94. The van der Waals surface area contributed by atoms with Crippen LogP contribution in [0.1, 0.15) is 39.2 Å². The Labute approximate surface area is 103 Å². The van der Waals surface area contributed by atoms with E-state index in [-0.39, 0.29) is 11.9 Å². The van der Waals surface area contributed by atoms with Gasteiger partial charge in [0.25, 0.3) is 0 Å².